The summed E-state index contributed by atoms with van der Waals surface area (Å²) < 4.78 is 0. The monoisotopic (exact) mass is 126 g/mol. The number of hydrogen-bond donors (Lipinski definition) is 1. The summed E-state index contributed by atoms with van der Waals surface area (Å²) in [5, 5.41) is 7.83. The molecule has 0 aromatic carbocycles. The molecule has 41 valence electrons. The fourth-order valence-corrected chi connectivity index (χ4v) is 0.151. The maximum Gasteiger partial charge on any atom is 0.372 e. The number of carboxylic acids is 1. The van der Waals surface area contributed by atoms with E-state index >= 15 is 0 Å². The predicted octanol–water partition coefficient (Wildman–Crippen LogP) is -0.331. The molecule has 0 aliphatic rings. The van der Waals surface area contributed by atoms with Crippen LogP contribution in [0.25, 0.3) is 0 Å². The van der Waals surface area contributed by atoms with Crippen LogP contribution in [0.5, 0.6) is 0 Å². The van der Waals surface area contributed by atoms with Gasteiger partial charge in [0, 0.05) is 36.0 Å². The molecule has 0 bridgehead atoms. The van der Waals surface area contributed by atoms with Crippen molar-refractivity contribution < 1.29 is 14.7 Å². The van der Waals surface area contributed by atoms with Crippen molar-refractivity contribution in [2.75, 3.05) is 0 Å². The average molecular weight is 126 g/mol. The zero-order valence-electron chi connectivity index (χ0n) is 4.97. The molecule has 3 nitrogen and oxygen atoms in total. The first kappa shape index (κ1) is 11.0. The minimum atomic E-state index is -1.34. The molecule has 0 saturated carbocycles. The maximum absolute atomic E-state index is 9.91. The van der Waals surface area contributed by atoms with Gasteiger partial charge in [-0.15, -0.1) is 0 Å². The Kier molecular flexibility index (Phi) is 7.26. The molecule has 0 unspecified atom stereocenters. The number of hydrogen-bond acceptors (Lipinski definition) is 2. The smallest absolute Gasteiger partial charge is 0.372 e. The molecule has 1 N–H and O–H groups in total. The van der Waals surface area contributed by atoms with Gasteiger partial charge in [-0.05, 0) is 0 Å². The van der Waals surface area contributed by atoms with Gasteiger partial charge in [0.25, 0.3) is 0 Å². The number of aliphatic carboxylic acids is 1. The van der Waals surface area contributed by atoms with Crippen molar-refractivity contribution in [3.8, 4) is 0 Å². The Bertz CT molecular complexity index is 99.5. The third-order valence-electron chi connectivity index (χ3n) is 0.560. The van der Waals surface area contributed by atoms with Gasteiger partial charge in [0.15, 0.2) is 0 Å². The van der Waals surface area contributed by atoms with Gasteiger partial charge in [-0.2, -0.15) is 0 Å². The van der Waals surface area contributed by atoms with Crippen molar-refractivity contribution in [1.82, 2.24) is 0 Å². The van der Waals surface area contributed by atoms with E-state index in [1.807, 2.05) is 0 Å². The van der Waals surface area contributed by atoms with Crippen molar-refractivity contribution in [2.45, 2.75) is 13.3 Å². The molecule has 0 rings (SSSR count). The van der Waals surface area contributed by atoms with Crippen LogP contribution in [0.3, 0.4) is 0 Å². The number of ketones is 1. The molecule has 0 fully saturated rings. The first-order valence-corrected chi connectivity index (χ1v) is 1.94. The van der Waals surface area contributed by atoms with Gasteiger partial charge >= 0.3 is 5.97 Å². The topological polar surface area (TPSA) is 54.4 Å². The molecule has 0 aromatic rings. The second kappa shape index (κ2) is 5.28. The average Bonchev–Trinajstić information content (AvgIpc) is 1.65. The number of carbonyl (C=O) groups is 2. The van der Waals surface area contributed by atoms with E-state index in [2.05, 4.69) is 0 Å². The summed E-state index contributed by atoms with van der Waals surface area (Å²) in [7, 11) is 0. The summed E-state index contributed by atoms with van der Waals surface area (Å²) >= 11 is 0. The van der Waals surface area contributed by atoms with Crippen molar-refractivity contribution in [1.29, 1.82) is 0 Å². The van der Waals surface area contributed by atoms with Gasteiger partial charge in [0.1, 0.15) is 0 Å². The summed E-state index contributed by atoms with van der Waals surface area (Å²) in [4.78, 5) is 19.5. The second-order valence-electron chi connectivity index (χ2n) is 1.08. The molecule has 0 atom stereocenters. The molecule has 0 saturated heterocycles. The van der Waals surface area contributed by atoms with Crippen LogP contribution in [0.1, 0.15) is 13.3 Å². The zero-order valence-corrected chi connectivity index (χ0v) is 6.97. The van der Waals surface area contributed by atoms with Crippen molar-refractivity contribution in [3.63, 3.8) is 0 Å². The normalized spacial score (nSPS) is 7.12. The summed E-state index contributed by atoms with van der Waals surface area (Å²) in [6.45, 7) is 1.51. The minimum Gasteiger partial charge on any atom is -0.476 e. The molecule has 4 heteroatoms. The Hall–Kier alpha value is 0.140. The molecule has 0 spiro atoms. The van der Waals surface area contributed by atoms with Crippen molar-refractivity contribution >= 4 is 41.3 Å². The van der Waals surface area contributed by atoms with E-state index in [0.29, 0.717) is 0 Å². The quantitative estimate of drug-likeness (QED) is 0.313. The molecular formula is C4H6NaO3. The number of rotatable bonds is 2. The van der Waals surface area contributed by atoms with Gasteiger partial charge in [-0.3, -0.25) is 4.79 Å². The second-order valence-corrected chi connectivity index (χ2v) is 1.08. The number of Topliss-reactive ketones (excluding diaryl/α,β-unsaturated/α-hetero) is 1. The largest absolute Gasteiger partial charge is 0.476 e. The Balaban J connectivity index is 0. The third-order valence-corrected chi connectivity index (χ3v) is 0.560. The Morgan fingerprint density at radius 3 is 1.88 bits per heavy atom. The molecule has 0 amide bonds. The molecule has 0 heterocycles. The first-order valence-electron chi connectivity index (χ1n) is 1.94. The van der Waals surface area contributed by atoms with Crippen LogP contribution in [0, 0.1) is 0 Å². The van der Waals surface area contributed by atoms with Gasteiger partial charge in [0.2, 0.25) is 5.78 Å². The Morgan fingerprint density at radius 2 is 1.88 bits per heavy atom. The molecule has 0 aliphatic heterocycles. The van der Waals surface area contributed by atoms with Crippen molar-refractivity contribution in [3.05, 3.63) is 0 Å². The molecule has 8 heavy (non-hydrogen) atoms. The van der Waals surface area contributed by atoms with Crippen LogP contribution in [-0.2, 0) is 9.59 Å². The zero-order chi connectivity index (χ0) is 5.86. The van der Waals surface area contributed by atoms with E-state index in [-0.39, 0.29) is 36.0 Å². The number of carbonyl (C=O) groups excluding carboxylic acids is 1. The van der Waals surface area contributed by atoms with Crippen molar-refractivity contribution in [2.24, 2.45) is 0 Å². The first-order chi connectivity index (χ1) is 3.18. The minimum absolute atomic E-state index is 0. The van der Waals surface area contributed by atoms with Crippen LogP contribution in [0.2, 0.25) is 0 Å². The molecule has 0 aliphatic carbocycles. The maximum atomic E-state index is 9.91. The Morgan fingerprint density at radius 1 is 1.50 bits per heavy atom. The van der Waals surface area contributed by atoms with Crippen LogP contribution in [-0.4, -0.2) is 46.4 Å². The number of carboxylic acid groups (broad SMARTS) is 1. The van der Waals surface area contributed by atoms with E-state index in [9.17, 15) is 9.59 Å². The fraction of sp³-hybridized carbons (Fsp3) is 0.500. The van der Waals surface area contributed by atoms with Gasteiger partial charge in [0.05, 0.1) is 0 Å². The van der Waals surface area contributed by atoms with E-state index < -0.39 is 11.8 Å². The molecule has 1 radical (unpaired) electrons. The van der Waals surface area contributed by atoms with Gasteiger partial charge < -0.3 is 5.11 Å². The predicted molar refractivity (Wildman–Crippen MR) is 28.7 cm³/mol. The Labute approximate surface area is 69.4 Å². The standard InChI is InChI=1S/C4H6O3.Na/c1-2-3(5)4(6)7;/h2H2,1H3,(H,6,7);/i1+1;. The summed E-state index contributed by atoms with van der Waals surface area (Å²) in [6.07, 6.45) is 0.0787. The van der Waals surface area contributed by atoms with Crippen LogP contribution in [0.4, 0.5) is 0 Å². The molecule has 0 aromatic heterocycles. The molecular weight excluding hydrogens is 120 g/mol. The van der Waals surface area contributed by atoms with E-state index in [1.54, 1.807) is 0 Å². The van der Waals surface area contributed by atoms with Crippen LogP contribution >= 0.6 is 0 Å². The summed E-state index contributed by atoms with van der Waals surface area (Å²) in [5.74, 6) is -2.08. The summed E-state index contributed by atoms with van der Waals surface area (Å²) in [6, 6.07) is 0. The van der Waals surface area contributed by atoms with Crippen LogP contribution < -0.4 is 0 Å². The SMILES string of the molecule is [13CH3]CC(=O)C(=O)O.[Na]. The third kappa shape index (κ3) is 4.30. The summed E-state index contributed by atoms with van der Waals surface area (Å²) in [5.41, 5.74) is 0. The van der Waals surface area contributed by atoms with E-state index in [4.69, 9.17) is 5.11 Å². The van der Waals surface area contributed by atoms with Crippen LogP contribution in [0.15, 0.2) is 0 Å². The van der Waals surface area contributed by atoms with Gasteiger partial charge in [-0.25, -0.2) is 4.79 Å². The van der Waals surface area contributed by atoms with E-state index in [0.717, 1.165) is 0 Å². The van der Waals surface area contributed by atoms with Gasteiger partial charge in [-0.1, -0.05) is 6.92 Å². The fourth-order valence-electron chi connectivity index (χ4n) is 0.151. The van der Waals surface area contributed by atoms with E-state index in [1.165, 1.54) is 6.92 Å².